The summed E-state index contributed by atoms with van der Waals surface area (Å²) >= 11 is 0. The number of benzene rings is 4. The zero-order valence-electron chi connectivity index (χ0n) is 28.7. The lowest BCUT2D eigenvalue weighted by molar-refractivity contribution is -0.142. The van der Waals surface area contributed by atoms with Crippen molar-refractivity contribution in [1.29, 1.82) is 0 Å². The smallest absolute Gasteiger partial charge is 0.264 e. The van der Waals surface area contributed by atoms with Crippen molar-refractivity contribution in [3.05, 3.63) is 119 Å². The van der Waals surface area contributed by atoms with E-state index in [9.17, 15) is 19.2 Å². The maximum absolute atomic E-state index is 13.3. The van der Waals surface area contributed by atoms with Crippen molar-refractivity contribution in [2.75, 3.05) is 23.7 Å². The Hall–Kier alpha value is -5.90. The van der Waals surface area contributed by atoms with Crippen LogP contribution >= 0.6 is 0 Å². The van der Waals surface area contributed by atoms with Crippen LogP contribution in [0.1, 0.15) is 47.9 Å². The number of nitrogens with zero attached hydrogens (tertiary/aromatic N) is 2. The Morgan fingerprint density at radius 3 is 1.37 bits per heavy atom. The van der Waals surface area contributed by atoms with Crippen LogP contribution in [-0.2, 0) is 32.0 Å². The quantitative estimate of drug-likeness (QED) is 0.228. The Bertz CT molecular complexity index is 1830. The van der Waals surface area contributed by atoms with E-state index in [2.05, 4.69) is 10.6 Å². The topological polar surface area (TPSA) is 117 Å². The molecular formula is C42H40N4O6. The van der Waals surface area contributed by atoms with Crippen molar-refractivity contribution >= 4 is 47.2 Å². The molecule has 4 aromatic carbocycles. The number of para-hydroxylation sites is 2. The van der Waals surface area contributed by atoms with E-state index in [-0.39, 0.29) is 23.6 Å². The molecule has 0 spiro atoms. The van der Waals surface area contributed by atoms with E-state index in [0.29, 0.717) is 50.1 Å². The number of likely N-dealkylation sites (tertiary alicyclic amines) is 2. The van der Waals surface area contributed by atoms with Gasteiger partial charge in [-0.25, -0.2) is 0 Å². The zero-order valence-corrected chi connectivity index (χ0v) is 28.7. The van der Waals surface area contributed by atoms with Gasteiger partial charge in [-0.2, -0.15) is 0 Å². The Balaban J connectivity index is 0.820. The van der Waals surface area contributed by atoms with Crippen molar-refractivity contribution in [2.45, 2.75) is 62.8 Å². The van der Waals surface area contributed by atoms with Gasteiger partial charge in [0.1, 0.15) is 23.6 Å². The second-order valence-corrected chi connectivity index (χ2v) is 13.8. The van der Waals surface area contributed by atoms with Crippen LogP contribution in [0.4, 0.5) is 11.4 Å². The van der Waals surface area contributed by atoms with Crippen LogP contribution in [0.3, 0.4) is 0 Å². The van der Waals surface area contributed by atoms with Gasteiger partial charge in [-0.05, 0) is 84.3 Å². The molecule has 2 saturated heterocycles. The van der Waals surface area contributed by atoms with Gasteiger partial charge in [-0.3, -0.25) is 19.2 Å². The van der Waals surface area contributed by atoms with Crippen LogP contribution in [-0.4, -0.2) is 70.8 Å². The SMILES string of the molecule is O=C(Nc1ccc(/C=C/c2ccc(NC(=O)[C@H]3CCCN3C(=O)C3Cc4ccccc4O3)cc2)cc1)[C@H]1CCCN1C(=O)C1Cc2ccccc2O1. The van der Waals surface area contributed by atoms with Crippen molar-refractivity contribution in [1.82, 2.24) is 9.80 Å². The van der Waals surface area contributed by atoms with E-state index in [1.165, 1.54) is 0 Å². The number of rotatable bonds is 8. The molecule has 2 fully saturated rings. The van der Waals surface area contributed by atoms with Gasteiger partial charge in [-0.1, -0.05) is 72.8 Å². The minimum Gasteiger partial charge on any atom is -0.480 e. The number of ether oxygens (including phenoxy) is 2. The molecule has 0 saturated carbocycles. The third-order valence-electron chi connectivity index (χ3n) is 10.3. The van der Waals surface area contributed by atoms with Crippen LogP contribution in [0.5, 0.6) is 11.5 Å². The molecule has 8 rings (SSSR count). The third kappa shape index (κ3) is 6.88. The molecule has 0 bridgehead atoms. The van der Waals surface area contributed by atoms with E-state index < -0.39 is 24.3 Å². The number of amides is 4. The second-order valence-electron chi connectivity index (χ2n) is 13.8. The van der Waals surface area contributed by atoms with Crippen LogP contribution in [0.15, 0.2) is 97.1 Å². The summed E-state index contributed by atoms with van der Waals surface area (Å²) in [6.07, 6.45) is 6.57. The molecule has 10 nitrogen and oxygen atoms in total. The highest BCUT2D eigenvalue weighted by atomic mass is 16.5. The Kier molecular flexibility index (Phi) is 9.20. The van der Waals surface area contributed by atoms with Gasteiger partial charge < -0.3 is 29.9 Å². The van der Waals surface area contributed by atoms with Crippen molar-refractivity contribution in [2.24, 2.45) is 0 Å². The molecule has 4 amide bonds. The third-order valence-corrected chi connectivity index (χ3v) is 10.3. The fraction of sp³-hybridized carbons (Fsp3) is 0.286. The first kappa shape index (κ1) is 33.3. The summed E-state index contributed by atoms with van der Waals surface area (Å²) < 4.78 is 11.8. The summed E-state index contributed by atoms with van der Waals surface area (Å²) in [5, 5.41) is 5.97. The second kappa shape index (κ2) is 14.4. The Morgan fingerprint density at radius 2 is 0.962 bits per heavy atom. The number of hydrogen-bond donors (Lipinski definition) is 2. The number of carbonyl (C=O) groups is 4. The Morgan fingerprint density at radius 1 is 0.558 bits per heavy atom. The number of nitrogens with one attached hydrogen (secondary N) is 2. The fourth-order valence-electron chi connectivity index (χ4n) is 7.61. The molecule has 10 heteroatoms. The van der Waals surface area contributed by atoms with E-state index >= 15 is 0 Å². The maximum Gasteiger partial charge on any atom is 0.264 e. The zero-order chi connectivity index (χ0) is 35.6. The average molecular weight is 697 g/mol. The minimum atomic E-state index is -0.594. The van der Waals surface area contributed by atoms with Gasteiger partial charge in [0.05, 0.1) is 0 Å². The molecule has 2 N–H and O–H groups in total. The lowest BCUT2D eigenvalue weighted by atomic mass is 10.1. The standard InChI is InChI=1S/C42H40N4O6/c47-39(33-9-5-23-45(33)41(49)37-25-29-7-1-3-11-35(29)51-37)43-31-19-15-27(16-20-31)13-14-28-17-21-32(22-18-28)44-40(48)34-10-6-24-46(34)42(50)38-26-30-8-2-4-12-36(30)52-38/h1-4,7-8,11-22,33-34,37-38H,5-6,9-10,23-26H2,(H,43,47)(H,44,48)/b14-13+/t33-,34-,37?,38?/m1/s1. The number of fused-ring (bicyclic) bond motifs is 2. The summed E-state index contributed by atoms with van der Waals surface area (Å²) in [5.74, 6) is 0.799. The fourth-order valence-corrected chi connectivity index (χ4v) is 7.61. The summed E-state index contributed by atoms with van der Waals surface area (Å²) in [6.45, 7) is 1.08. The van der Waals surface area contributed by atoms with Gasteiger partial charge >= 0.3 is 0 Å². The summed E-state index contributed by atoms with van der Waals surface area (Å²) in [5.41, 5.74) is 5.25. The first-order valence-electron chi connectivity index (χ1n) is 18.0. The van der Waals surface area contributed by atoms with Gasteiger partial charge in [-0.15, -0.1) is 0 Å². The van der Waals surface area contributed by atoms with E-state index in [1.807, 2.05) is 109 Å². The van der Waals surface area contributed by atoms with Gasteiger partial charge in [0.2, 0.25) is 11.8 Å². The highest BCUT2D eigenvalue weighted by Gasteiger charge is 2.41. The van der Waals surface area contributed by atoms with Crippen molar-refractivity contribution in [3.63, 3.8) is 0 Å². The van der Waals surface area contributed by atoms with E-state index in [4.69, 9.17) is 9.47 Å². The van der Waals surface area contributed by atoms with Crippen molar-refractivity contribution in [3.8, 4) is 11.5 Å². The van der Waals surface area contributed by atoms with E-state index in [0.717, 1.165) is 46.6 Å². The highest BCUT2D eigenvalue weighted by molar-refractivity contribution is 5.99. The molecule has 0 radical (unpaired) electrons. The first-order chi connectivity index (χ1) is 25.4. The van der Waals surface area contributed by atoms with Gasteiger partial charge in [0, 0.05) is 37.3 Å². The molecule has 0 aliphatic carbocycles. The molecule has 4 heterocycles. The molecule has 52 heavy (non-hydrogen) atoms. The molecule has 4 aliphatic rings. The van der Waals surface area contributed by atoms with Crippen molar-refractivity contribution < 1.29 is 28.7 Å². The van der Waals surface area contributed by atoms with Crippen LogP contribution < -0.4 is 20.1 Å². The summed E-state index contributed by atoms with van der Waals surface area (Å²) in [6, 6.07) is 29.4. The molecular weight excluding hydrogens is 656 g/mol. The lowest BCUT2D eigenvalue weighted by Gasteiger charge is -2.26. The molecule has 4 atom stereocenters. The van der Waals surface area contributed by atoms with Crippen LogP contribution in [0.2, 0.25) is 0 Å². The molecule has 4 aliphatic heterocycles. The number of carbonyl (C=O) groups excluding carboxylic acids is 4. The molecule has 2 unspecified atom stereocenters. The molecule has 4 aromatic rings. The largest absolute Gasteiger partial charge is 0.480 e. The molecule has 0 aromatic heterocycles. The number of anilines is 2. The van der Waals surface area contributed by atoms with Gasteiger partial charge in [0.15, 0.2) is 12.2 Å². The summed E-state index contributed by atoms with van der Waals surface area (Å²) in [4.78, 5) is 56.5. The van der Waals surface area contributed by atoms with E-state index in [1.54, 1.807) is 9.80 Å². The summed E-state index contributed by atoms with van der Waals surface area (Å²) in [7, 11) is 0. The minimum absolute atomic E-state index is 0.140. The predicted molar refractivity (Wildman–Crippen MR) is 198 cm³/mol. The van der Waals surface area contributed by atoms with Gasteiger partial charge in [0.25, 0.3) is 11.8 Å². The van der Waals surface area contributed by atoms with Crippen LogP contribution in [0.25, 0.3) is 12.2 Å². The average Bonchev–Trinajstić information content (AvgIpc) is 4.00. The lowest BCUT2D eigenvalue weighted by Crippen LogP contribution is -2.48. The number of hydrogen-bond acceptors (Lipinski definition) is 6. The molecule has 264 valence electrons. The predicted octanol–water partition coefficient (Wildman–Crippen LogP) is 5.72. The highest BCUT2D eigenvalue weighted by Crippen LogP contribution is 2.32. The Labute approximate surface area is 302 Å². The van der Waals surface area contributed by atoms with Crippen LogP contribution in [0, 0.1) is 0 Å². The first-order valence-corrected chi connectivity index (χ1v) is 18.0. The monoisotopic (exact) mass is 696 g/mol. The normalized spacial score (nSPS) is 21.7. The maximum atomic E-state index is 13.3.